The summed E-state index contributed by atoms with van der Waals surface area (Å²) in [5.74, 6) is 0. The minimum atomic E-state index is 0.0512. The number of unbranched alkanes of at least 4 members (excludes halogenated alkanes) is 1. The molecule has 1 rings (SSSR count). The maximum absolute atomic E-state index is 11.3. The maximum atomic E-state index is 11.3. The molecule has 1 heterocycles. The van der Waals surface area contributed by atoms with Crippen molar-refractivity contribution in [1.29, 1.82) is 0 Å². The summed E-state index contributed by atoms with van der Waals surface area (Å²) in [6.07, 6.45) is 3.30. The van der Waals surface area contributed by atoms with Crippen LogP contribution in [-0.2, 0) is 4.74 Å². The summed E-state index contributed by atoms with van der Waals surface area (Å²) in [7, 11) is 0. The van der Waals surface area contributed by atoms with Crippen LogP contribution in [0.4, 0.5) is 4.79 Å². The molecule has 4 nitrogen and oxygen atoms in total. The molecule has 0 saturated carbocycles. The van der Waals surface area contributed by atoms with Crippen LogP contribution in [-0.4, -0.2) is 43.8 Å². The first-order valence-corrected chi connectivity index (χ1v) is 5.45. The fourth-order valence-corrected chi connectivity index (χ4v) is 1.42. The second-order valence-corrected chi connectivity index (χ2v) is 3.54. The monoisotopic (exact) mass is 200 g/mol. The number of nitrogens with one attached hydrogen (secondary N) is 1. The summed E-state index contributed by atoms with van der Waals surface area (Å²) in [6.45, 7) is 6.01. The van der Waals surface area contributed by atoms with Crippen LogP contribution >= 0.6 is 0 Å². The zero-order valence-corrected chi connectivity index (χ0v) is 8.92. The van der Waals surface area contributed by atoms with Gasteiger partial charge in [-0.05, 0) is 12.8 Å². The predicted molar refractivity (Wildman–Crippen MR) is 55.3 cm³/mol. The average Bonchev–Trinajstić information content (AvgIpc) is 2.20. The Morgan fingerprint density at radius 3 is 3.07 bits per heavy atom. The molecule has 1 aliphatic rings. The number of urea groups is 1. The van der Waals surface area contributed by atoms with Crippen LogP contribution < -0.4 is 5.32 Å². The zero-order chi connectivity index (χ0) is 10.2. The maximum Gasteiger partial charge on any atom is 0.317 e. The van der Waals surface area contributed by atoms with Crippen molar-refractivity contribution in [2.45, 2.75) is 26.2 Å². The zero-order valence-electron chi connectivity index (χ0n) is 8.92. The van der Waals surface area contributed by atoms with E-state index >= 15 is 0 Å². The van der Waals surface area contributed by atoms with Gasteiger partial charge in [0.2, 0.25) is 0 Å². The number of hydrogen-bond acceptors (Lipinski definition) is 2. The molecule has 0 bridgehead atoms. The molecule has 1 N–H and O–H groups in total. The molecule has 2 amide bonds. The van der Waals surface area contributed by atoms with Crippen LogP contribution in [0.15, 0.2) is 0 Å². The van der Waals surface area contributed by atoms with Crippen molar-refractivity contribution in [1.82, 2.24) is 10.2 Å². The number of ether oxygens (including phenoxy) is 1. The fourth-order valence-electron chi connectivity index (χ4n) is 1.42. The van der Waals surface area contributed by atoms with Gasteiger partial charge in [0.15, 0.2) is 0 Å². The highest BCUT2D eigenvalue weighted by Gasteiger charge is 2.16. The van der Waals surface area contributed by atoms with Gasteiger partial charge >= 0.3 is 6.03 Å². The minimum absolute atomic E-state index is 0.0512. The number of carbonyl (C=O) groups excluding carboxylic acids is 1. The van der Waals surface area contributed by atoms with E-state index in [1.54, 1.807) is 0 Å². The molecule has 0 aromatic rings. The molecule has 82 valence electrons. The first kappa shape index (κ1) is 11.3. The van der Waals surface area contributed by atoms with Gasteiger partial charge in [-0.2, -0.15) is 0 Å². The highest BCUT2D eigenvalue weighted by atomic mass is 16.5. The van der Waals surface area contributed by atoms with Crippen LogP contribution in [0.25, 0.3) is 0 Å². The lowest BCUT2D eigenvalue weighted by Gasteiger charge is -2.27. The van der Waals surface area contributed by atoms with E-state index in [2.05, 4.69) is 12.2 Å². The van der Waals surface area contributed by atoms with Crippen molar-refractivity contribution >= 4 is 6.03 Å². The van der Waals surface area contributed by atoms with Crippen molar-refractivity contribution in [3.63, 3.8) is 0 Å². The second-order valence-electron chi connectivity index (χ2n) is 3.54. The van der Waals surface area contributed by atoms with E-state index in [1.807, 2.05) is 4.90 Å². The minimum Gasteiger partial charge on any atom is -0.380 e. The third kappa shape index (κ3) is 3.96. The van der Waals surface area contributed by atoms with Gasteiger partial charge in [0.25, 0.3) is 0 Å². The van der Waals surface area contributed by atoms with Crippen LogP contribution in [0.2, 0.25) is 0 Å². The molecule has 0 radical (unpaired) electrons. The van der Waals surface area contributed by atoms with E-state index in [1.165, 1.54) is 0 Å². The molecular formula is C10H20N2O2. The van der Waals surface area contributed by atoms with Crippen molar-refractivity contribution in [3.8, 4) is 0 Å². The Kier molecular flexibility index (Phi) is 5.37. The lowest BCUT2D eigenvalue weighted by molar-refractivity contribution is 0.104. The molecular weight excluding hydrogens is 180 g/mol. The quantitative estimate of drug-likeness (QED) is 0.655. The Labute approximate surface area is 85.6 Å². The summed E-state index contributed by atoms with van der Waals surface area (Å²) in [6, 6.07) is 0.0512. The molecule has 0 atom stereocenters. The Morgan fingerprint density at radius 2 is 2.36 bits per heavy atom. The largest absolute Gasteiger partial charge is 0.380 e. The molecule has 0 unspecified atom stereocenters. The Hall–Kier alpha value is -0.770. The molecule has 1 aliphatic heterocycles. The first-order chi connectivity index (χ1) is 6.84. The van der Waals surface area contributed by atoms with Gasteiger partial charge in [0.1, 0.15) is 0 Å². The summed E-state index contributed by atoms with van der Waals surface area (Å²) >= 11 is 0. The van der Waals surface area contributed by atoms with E-state index in [4.69, 9.17) is 4.74 Å². The number of carbonyl (C=O) groups is 1. The topological polar surface area (TPSA) is 41.6 Å². The van der Waals surface area contributed by atoms with E-state index in [0.29, 0.717) is 6.61 Å². The third-order valence-corrected chi connectivity index (χ3v) is 2.32. The molecule has 14 heavy (non-hydrogen) atoms. The van der Waals surface area contributed by atoms with Gasteiger partial charge in [0, 0.05) is 26.2 Å². The van der Waals surface area contributed by atoms with E-state index < -0.39 is 0 Å². The SMILES string of the molecule is CCCCOCCN1CCCNC1=O. The van der Waals surface area contributed by atoms with Crippen LogP contribution in [0, 0.1) is 0 Å². The average molecular weight is 200 g/mol. The normalized spacial score (nSPS) is 16.9. The van der Waals surface area contributed by atoms with Gasteiger partial charge in [-0.15, -0.1) is 0 Å². The van der Waals surface area contributed by atoms with Crippen molar-refractivity contribution < 1.29 is 9.53 Å². The summed E-state index contributed by atoms with van der Waals surface area (Å²) in [4.78, 5) is 13.1. The number of rotatable bonds is 6. The van der Waals surface area contributed by atoms with Crippen LogP contribution in [0.1, 0.15) is 26.2 Å². The molecule has 0 spiro atoms. The highest BCUT2D eigenvalue weighted by Crippen LogP contribution is 1.98. The van der Waals surface area contributed by atoms with E-state index in [9.17, 15) is 4.79 Å². The summed E-state index contributed by atoms with van der Waals surface area (Å²) in [5, 5.41) is 2.82. The van der Waals surface area contributed by atoms with Crippen LogP contribution in [0.3, 0.4) is 0 Å². The van der Waals surface area contributed by atoms with Crippen molar-refractivity contribution in [2.75, 3.05) is 32.8 Å². The van der Waals surface area contributed by atoms with E-state index in [0.717, 1.165) is 45.5 Å². The molecule has 4 heteroatoms. The van der Waals surface area contributed by atoms with Gasteiger partial charge in [-0.25, -0.2) is 4.79 Å². The Bertz CT molecular complexity index is 174. The van der Waals surface area contributed by atoms with Crippen molar-refractivity contribution in [2.24, 2.45) is 0 Å². The summed E-state index contributed by atoms with van der Waals surface area (Å²) < 4.78 is 5.40. The highest BCUT2D eigenvalue weighted by molar-refractivity contribution is 5.74. The van der Waals surface area contributed by atoms with Gasteiger partial charge in [-0.3, -0.25) is 0 Å². The lowest BCUT2D eigenvalue weighted by atomic mass is 10.3. The lowest BCUT2D eigenvalue weighted by Crippen LogP contribution is -2.47. The van der Waals surface area contributed by atoms with Gasteiger partial charge in [-0.1, -0.05) is 13.3 Å². The Balaban J connectivity index is 2.02. The smallest absolute Gasteiger partial charge is 0.317 e. The standard InChI is InChI=1S/C10H20N2O2/c1-2-3-8-14-9-7-12-6-4-5-11-10(12)13/h2-9H2,1H3,(H,11,13). The molecule has 1 saturated heterocycles. The summed E-state index contributed by atoms with van der Waals surface area (Å²) in [5.41, 5.74) is 0. The Morgan fingerprint density at radius 1 is 1.50 bits per heavy atom. The number of nitrogens with zero attached hydrogens (tertiary/aromatic N) is 1. The second kappa shape index (κ2) is 6.65. The fraction of sp³-hybridized carbons (Fsp3) is 0.900. The third-order valence-electron chi connectivity index (χ3n) is 2.32. The molecule has 0 aromatic carbocycles. The molecule has 1 fully saturated rings. The van der Waals surface area contributed by atoms with Crippen molar-refractivity contribution in [3.05, 3.63) is 0 Å². The van der Waals surface area contributed by atoms with Gasteiger partial charge < -0.3 is 15.0 Å². The predicted octanol–water partition coefficient (Wildman–Crippen LogP) is 1.22. The first-order valence-electron chi connectivity index (χ1n) is 5.45. The van der Waals surface area contributed by atoms with Gasteiger partial charge in [0.05, 0.1) is 6.61 Å². The molecule has 0 aromatic heterocycles. The van der Waals surface area contributed by atoms with Crippen LogP contribution in [0.5, 0.6) is 0 Å². The number of hydrogen-bond donors (Lipinski definition) is 1. The van der Waals surface area contributed by atoms with E-state index in [-0.39, 0.29) is 6.03 Å². The molecule has 0 aliphatic carbocycles. The number of amides is 2.